The molecule has 5 heteroatoms. The lowest BCUT2D eigenvalue weighted by atomic mass is 9.77. The second kappa shape index (κ2) is 6.77. The summed E-state index contributed by atoms with van der Waals surface area (Å²) in [5.41, 5.74) is -0.672. The van der Waals surface area contributed by atoms with Crippen LogP contribution in [0.4, 0.5) is 0 Å². The van der Waals surface area contributed by atoms with Gasteiger partial charge in [-0.2, -0.15) is 0 Å². The van der Waals surface area contributed by atoms with Gasteiger partial charge in [-0.1, -0.05) is 6.92 Å². The van der Waals surface area contributed by atoms with Gasteiger partial charge in [0.05, 0.1) is 11.5 Å². The van der Waals surface area contributed by atoms with Gasteiger partial charge >= 0.3 is 5.97 Å². The van der Waals surface area contributed by atoms with Gasteiger partial charge in [-0.3, -0.25) is 14.5 Å². The lowest BCUT2D eigenvalue weighted by Crippen LogP contribution is -2.55. The second-order valence-electron chi connectivity index (χ2n) is 6.57. The molecule has 0 aliphatic carbocycles. The number of carboxylic acids is 1. The number of hydrogen-bond donors (Lipinski definition) is 1. The molecule has 2 aliphatic heterocycles. The highest BCUT2D eigenvalue weighted by Crippen LogP contribution is 2.34. The third-order valence-corrected chi connectivity index (χ3v) is 5.31. The van der Waals surface area contributed by atoms with Crippen LogP contribution in [0.2, 0.25) is 0 Å². The van der Waals surface area contributed by atoms with Crippen molar-refractivity contribution >= 4 is 11.9 Å². The Balaban J connectivity index is 2.02. The lowest BCUT2D eigenvalue weighted by molar-refractivity contribution is -0.155. The Morgan fingerprint density at radius 1 is 1.14 bits per heavy atom. The van der Waals surface area contributed by atoms with Crippen LogP contribution in [-0.2, 0) is 9.59 Å². The molecule has 21 heavy (non-hydrogen) atoms. The van der Waals surface area contributed by atoms with E-state index in [4.69, 9.17) is 0 Å². The molecule has 2 aliphatic rings. The van der Waals surface area contributed by atoms with Gasteiger partial charge in [0, 0.05) is 19.6 Å². The average molecular weight is 296 g/mol. The van der Waals surface area contributed by atoms with Crippen molar-refractivity contribution in [1.82, 2.24) is 9.80 Å². The standard InChI is InChI=1S/C16H28N2O3/c1-3-16(15(20)21)8-7-11-18(12-16)13(2)14(19)17-9-5-4-6-10-17/h13H,3-12H2,1-2H3,(H,20,21). The van der Waals surface area contributed by atoms with E-state index in [1.54, 1.807) is 0 Å². The van der Waals surface area contributed by atoms with Crippen LogP contribution in [0, 0.1) is 5.41 Å². The maximum Gasteiger partial charge on any atom is 0.310 e. The first-order chi connectivity index (χ1) is 10.00. The molecule has 5 nitrogen and oxygen atoms in total. The van der Waals surface area contributed by atoms with Crippen molar-refractivity contribution in [3.63, 3.8) is 0 Å². The molecule has 0 saturated carbocycles. The molecule has 2 saturated heterocycles. The van der Waals surface area contributed by atoms with Gasteiger partial charge in [0.2, 0.25) is 5.91 Å². The lowest BCUT2D eigenvalue weighted by Gasteiger charge is -2.43. The summed E-state index contributed by atoms with van der Waals surface area (Å²) in [6.07, 6.45) is 5.60. The Hall–Kier alpha value is -1.10. The number of carbonyl (C=O) groups is 2. The number of likely N-dealkylation sites (tertiary alicyclic amines) is 2. The molecule has 0 aromatic carbocycles. The van der Waals surface area contributed by atoms with Crippen LogP contribution in [-0.4, -0.2) is 59.0 Å². The minimum absolute atomic E-state index is 0.173. The van der Waals surface area contributed by atoms with Gasteiger partial charge in [-0.05, 0) is 52.0 Å². The second-order valence-corrected chi connectivity index (χ2v) is 6.57. The van der Waals surface area contributed by atoms with E-state index in [9.17, 15) is 14.7 Å². The van der Waals surface area contributed by atoms with Gasteiger partial charge in [0.25, 0.3) is 0 Å². The first-order valence-corrected chi connectivity index (χ1v) is 8.26. The fraction of sp³-hybridized carbons (Fsp3) is 0.875. The smallest absolute Gasteiger partial charge is 0.310 e. The monoisotopic (exact) mass is 296 g/mol. The molecule has 2 heterocycles. The predicted octanol–water partition coefficient (Wildman–Crippen LogP) is 1.96. The number of rotatable bonds is 4. The highest BCUT2D eigenvalue weighted by Gasteiger charge is 2.43. The van der Waals surface area contributed by atoms with Crippen LogP contribution >= 0.6 is 0 Å². The van der Waals surface area contributed by atoms with E-state index in [-0.39, 0.29) is 11.9 Å². The molecule has 120 valence electrons. The fourth-order valence-corrected chi connectivity index (χ4v) is 3.65. The summed E-state index contributed by atoms with van der Waals surface area (Å²) in [4.78, 5) is 28.3. The van der Waals surface area contributed by atoms with Crippen molar-refractivity contribution in [2.45, 2.75) is 58.4 Å². The molecular formula is C16H28N2O3. The summed E-state index contributed by atoms with van der Waals surface area (Å²) in [7, 11) is 0. The quantitative estimate of drug-likeness (QED) is 0.861. The van der Waals surface area contributed by atoms with Crippen LogP contribution in [0.1, 0.15) is 52.4 Å². The Bertz CT molecular complexity index is 393. The number of aliphatic carboxylic acids is 1. The number of carbonyl (C=O) groups excluding carboxylic acids is 1. The summed E-state index contributed by atoms with van der Waals surface area (Å²) >= 11 is 0. The van der Waals surface area contributed by atoms with E-state index in [0.29, 0.717) is 13.0 Å². The normalized spacial score (nSPS) is 29.1. The summed E-state index contributed by atoms with van der Waals surface area (Å²) in [6, 6.07) is -0.200. The summed E-state index contributed by atoms with van der Waals surface area (Å²) < 4.78 is 0. The number of hydrogen-bond acceptors (Lipinski definition) is 3. The highest BCUT2D eigenvalue weighted by molar-refractivity contribution is 5.82. The minimum Gasteiger partial charge on any atom is -0.481 e. The van der Waals surface area contributed by atoms with Gasteiger partial charge < -0.3 is 10.0 Å². The molecule has 0 aromatic rings. The van der Waals surface area contributed by atoms with Crippen LogP contribution in [0.3, 0.4) is 0 Å². The summed E-state index contributed by atoms with van der Waals surface area (Å²) in [5, 5.41) is 9.55. The molecule has 0 aromatic heterocycles. The molecule has 1 amide bonds. The molecule has 2 unspecified atom stereocenters. The van der Waals surface area contributed by atoms with E-state index in [0.717, 1.165) is 45.3 Å². The summed E-state index contributed by atoms with van der Waals surface area (Å²) in [6.45, 7) is 6.92. The molecule has 1 N–H and O–H groups in total. The third kappa shape index (κ3) is 3.39. The number of nitrogens with zero attached hydrogens (tertiary/aromatic N) is 2. The van der Waals surface area contributed by atoms with Crippen LogP contribution in [0.25, 0.3) is 0 Å². The first kappa shape index (κ1) is 16.3. The zero-order valence-electron chi connectivity index (χ0n) is 13.3. The summed E-state index contributed by atoms with van der Waals surface area (Å²) in [5.74, 6) is -0.542. The number of carboxylic acid groups (broad SMARTS) is 1. The Morgan fingerprint density at radius 2 is 1.81 bits per heavy atom. The van der Waals surface area contributed by atoms with Crippen molar-refractivity contribution in [2.75, 3.05) is 26.2 Å². The largest absolute Gasteiger partial charge is 0.481 e. The van der Waals surface area contributed by atoms with Gasteiger partial charge in [0.15, 0.2) is 0 Å². The van der Waals surface area contributed by atoms with E-state index in [1.807, 2.05) is 18.7 Å². The zero-order valence-corrected chi connectivity index (χ0v) is 13.3. The van der Waals surface area contributed by atoms with Crippen molar-refractivity contribution in [3.8, 4) is 0 Å². The van der Waals surface area contributed by atoms with Crippen LogP contribution < -0.4 is 0 Å². The average Bonchev–Trinajstić information content (AvgIpc) is 2.54. The van der Waals surface area contributed by atoms with Crippen LogP contribution in [0.5, 0.6) is 0 Å². The Kier molecular flexibility index (Phi) is 5.25. The molecule has 2 atom stereocenters. The maximum absolute atomic E-state index is 12.6. The fourth-order valence-electron chi connectivity index (χ4n) is 3.65. The van der Waals surface area contributed by atoms with E-state index >= 15 is 0 Å². The first-order valence-electron chi connectivity index (χ1n) is 8.26. The van der Waals surface area contributed by atoms with Crippen molar-refractivity contribution in [1.29, 1.82) is 0 Å². The van der Waals surface area contributed by atoms with Crippen LogP contribution in [0.15, 0.2) is 0 Å². The van der Waals surface area contributed by atoms with Crippen molar-refractivity contribution in [2.24, 2.45) is 5.41 Å². The Labute approximate surface area is 127 Å². The topological polar surface area (TPSA) is 60.9 Å². The van der Waals surface area contributed by atoms with Gasteiger partial charge in [0.1, 0.15) is 0 Å². The third-order valence-electron chi connectivity index (χ3n) is 5.31. The number of piperidine rings is 2. The molecule has 0 radical (unpaired) electrons. The van der Waals surface area contributed by atoms with Crippen molar-refractivity contribution < 1.29 is 14.7 Å². The molecular weight excluding hydrogens is 268 g/mol. The maximum atomic E-state index is 12.6. The predicted molar refractivity (Wildman–Crippen MR) is 81.1 cm³/mol. The highest BCUT2D eigenvalue weighted by atomic mass is 16.4. The molecule has 2 rings (SSSR count). The zero-order chi connectivity index (χ0) is 15.5. The van der Waals surface area contributed by atoms with Crippen molar-refractivity contribution in [3.05, 3.63) is 0 Å². The molecule has 2 fully saturated rings. The Morgan fingerprint density at radius 3 is 2.38 bits per heavy atom. The molecule has 0 spiro atoms. The van der Waals surface area contributed by atoms with E-state index < -0.39 is 11.4 Å². The number of amides is 1. The minimum atomic E-state index is -0.715. The van der Waals surface area contributed by atoms with E-state index in [1.165, 1.54) is 6.42 Å². The van der Waals surface area contributed by atoms with E-state index in [2.05, 4.69) is 4.90 Å². The van der Waals surface area contributed by atoms with Gasteiger partial charge in [-0.15, -0.1) is 0 Å². The molecule has 0 bridgehead atoms. The van der Waals surface area contributed by atoms with Gasteiger partial charge in [-0.25, -0.2) is 0 Å². The SMILES string of the molecule is CCC1(C(=O)O)CCCN(C(C)C(=O)N2CCCCC2)C1.